The molecule has 0 saturated carbocycles. The number of anilines is 1. The van der Waals surface area contributed by atoms with Crippen molar-refractivity contribution in [2.45, 2.75) is 0 Å². The first kappa shape index (κ1) is 17.1. The van der Waals surface area contributed by atoms with Gasteiger partial charge in [-0.25, -0.2) is 8.78 Å². The van der Waals surface area contributed by atoms with Crippen molar-refractivity contribution in [3.05, 3.63) is 54.0 Å². The molecule has 0 radical (unpaired) electrons. The van der Waals surface area contributed by atoms with Crippen LogP contribution >= 0.6 is 0 Å². The van der Waals surface area contributed by atoms with Crippen molar-refractivity contribution >= 4 is 17.5 Å². The van der Waals surface area contributed by atoms with Crippen molar-refractivity contribution in [3.63, 3.8) is 0 Å². The fourth-order valence-corrected chi connectivity index (χ4v) is 2.66. The second-order valence-electron chi connectivity index (χ2n) is 5.75. The number of carbonyl (C=O) groups is 2. The molecule has 0 spiro atoms. The molecule has 1 fully saturated rings. The maximum Gasteiger partial charge on any atom is 0.257 e. The van der Waals surface area contributed by atoms with Crippen LogP contribution in [0.3, 0.4) is 0 Å². The van der Waals surface area contributed by atoms with E-state index >= 15 is 0 Å². The molecule has 1 aliphatic rings. The Bertz CT molecular complexity index is 757. The zero-order valence-electron chi connectivity index (χ0n) is 13.4. The van der Waals surface area contributed by atoms with Crippen molar-refractivity contribution in [1.29, 1.82) is 0 Å². The average molecular weight is 349 g/mol. The van der Waals surface area contributed by atoms with Gasteiger partial charge in [-0.3, -0.25) is 14.5 Å². The topological polar surface area (TPSA) is 65.8 Å². The van der Waals surface area contributed by atoms with Crippen molar-refractivity contribution in [1.82, 2.24) is 9.80 Å². The third-order valence-corrected chi connectivity index (χ3v) is 4.00. The molecule has 2 heterocycles. The van der Waals surface area contributed by atoms with E-state index in [-0.39, 0.29) is 18.1 Å². The summed E-state index contributed by atoms with van der Waals surface area (Å²) in [6.07, 6.45) is 2.84. The standard InChI is InChI=1S/C17H17F2N3O3/c18-13-1-2-14(19)15(9-13)20-16(23)10-21-4-6-22(7-5-21)17(24)12-3-8-25-11-12/h1-3,8-9,11H,4-7,10H2,(H,20,23). The maximum atomic E-state index is 13.5. The number of hydrogen-bond acceptors (Lipinski definition) is 4. The zero-order valence-corrected chi connectivity index (χ0v) is 13.4. The van der Waals surface area contributed by atoms with Gasteiger partial charge in [-0.05, 0) is 18.2 Å². The fraction of sp³-hybridized carbons (Fsp3) is 0.294. The molecule has 3 rings (SSSR count). The highest BCUT2D eigenvalue weighted by Gasteiger charge is 2.24. The highest BCUT2D eigenvalue weighted by molar-refractivity contribution is 5.94. The number of nitrogens with zero attached hydrogens (tertiary/aromatic N) is 2. The second kappa shape index (κ2) is 7.43. The highest BCUT2D eigenvalue weighted by atomic mass is 19.1. The number of amides is 2. The molecule has 0 unspecified atom stereocenters. The number of nitrogens with one attached hydrogen (secondary N) is 1. The Labute approximate surface area is 143 Å². The number of piperazine rings is 1. The Hall–Kier alpha value is -2.74. The maximum absolute atomic E-state index is 13.5. The minimum absolute atomic E-state index is 0.0453. The van der Waals surface area contributed by atoms with E-state index in [1.165, 1.54) is 12.5 Å². The zero-order chi connectivity index (χ0) is 17.8. The summed E-state index contributed by atoms with van der Waals surface area (Å²) in [6, 6.07) is 4.50. The summed E-state index contributed by atoms with van der Waals surface area (Å²) in [5, 5.41) is 2.37. The van der Waals surface area contributed by atoms with Crippen molar-refractivity contribution in [3.8, 4) is 0 Å². The van der Waals surface area contributed by atoms with Crippen LogP contribution in [-0.4, -0.2) is 54.3 Å². The van der Waals surface area contributed by atoms with Crippen LogP contribution in [0.15, 0.2) is 41.2 Å². The van der Waals surface area contributed by atoms with Gasteiger partial charge in [-0.2, -0.15) is 0 Å². The number of hydrogen-bond donors (Lipinski definition) is 1. The minimum Gasteiger partial charge on any atom is -0.472 e. The van der Waals surface area contributed by atoms with Gasteiger partial charge in [0, 0.05) is 32.2 Å². The number of benzene rings is 1. The molecule has 1 aromatic heterocycles. The first-order valence-corrected chi connectivity index (χ1v) is 7.81. The summed E-state index contributed by atoms with van der Waals surface area (Å²) in [7, 11) is 0. The normalized spacial score (nSPS) is 15.2. The van der Waals surface area contributed by atoms with Crippen LogP contribution in [0.4, 0.5) is 14.5 Å². The molecule has 1 aliphatic heterocycles. The van der Waals surface area contributed by atoms with E-state index in [2.05, 4.69) is 5.32 Å². The molecule has 1 N–H and O–H groups in total. The summed E-state index contributed by atoms with van der Waals surface area (Å²) in [5.74, 6) is -1.85. The lowest BCUT2D eigenvalue weighted by molar-refractivity contribution is -0.117. The van der Waals surface area contributed by atoms with Crippen LogP contribution in [0.5, 0.6) is 0 Å². The Balaban J connectivity index is 1.49. The first-order chi connectivity index (χ1) is 12.0. The van der Waals surface area contributed by atoms with E-state index < -0.39 is 17.5 Å². The molecular formula is C17H17F2N3O3. The lowest BCUT2D eigenvalue weighted by Gasteiger charge is -2.34. The smallest absolute Gasteiger partial charge is 0.257 e. The molecule has 2 amide bonds. The van der Waals surface area contributed by atoms with E-state index in [0.29, 0.717) is 31.7 Å². The third kappa shape index (κ3) is 4.21. The Morgan fingerprint density at radius 3 is 2.56 bits per heavy atom. The molecule has 8 heteroatoms. The SMILES string of the molecule is O=C(CN1CCN(C(=O)c2ccoc2)CC1)Nc1cc(F)ccc1F. The van der Waals surface area contributed by atoms with E-state index in [1.54, 1.807) is 11.0 Å². The molecule has 0 atom stereocenters. The molecule has 1 saturated heterocycles. The number of furan rings is 1. The van der Waals surface area contributed by atoms with Gasteiger partial charge < -0.3 is 14.6 Å². The molecule has 0 aliphatic carbocycles. The van der Waals surface area contributed by atoms with Crippen molar-refractivity contribution in [2.24, 2.45) is 0 Å². The molecule has 132 valence electrons. The van der Waals surface area contributed by atoms with Crippen LogP contribution < -0.4 is 5.32 Å². The van der Waals surface area contributed by atoms with Gasteiger partial charge in [-0.15, -0.1) is 0 Å². The van der Waals surface area contributed by atoms with Gasteiger partial charge in [0.1, 0.15) is 17.9 Å². The van der Waals surface area contributed by atoms with Crippen LogP contribution in [0, 0.1) is 11.6 Å². The third-order valence-electron chi connectivity index (χ3n) is 4.00. The Morgan fingerprint density at radius 2 is 1.88 bits per heavy atom. The van der Waals surface area contributed by atoms with Gasteiger partial charge in [0.05, 0.1) is 24.1 Å². The lowest BCUT2D eigenvalue weighted by Crippen LogP contribution is -2.50. The molecule has 6 nitrogen and oxygen atoms in total. The highest BCUT2D eigenvalue weighted by Crippen LogP contribution is 2.15. The molecule has 25 heavy (non-hydrogen) atoms. The Morgan fingerprint density at radius 1 is 1.12 bits per heavy atom. The van der Waals surface area contributed by atoms with E-state index in [4.69, 9.17) is 4.42 Å². The molecular weight excluding hydrogens is 332 g/mol. The van der Waals surface area contributed by atoms with Crippen molar-refractivity contribution < 1.29 is 22.8 Å². The fourth-order valence-electron chi connectivity index (χ4n) is 2.66. The molecule has 0 bridgehead atoms. The summed E-state index contributed by atoms with van der Waals surface area (Å²) < 4.78 is 31.6. The minimum atomic E-state index is -0.690. The van der Waals surface area contributed by atoms with E-state index in [9.17, 15) is 18.4 Å². The van der Waals surface area contributed by atoms with Crippen LogP contribution in [0.25, 0.3) is 0 Å². The Kier molecular flexibility index (Phi) is 5.08. The van der Waals surface area contributed by atoms with Gasteiger partial charge in [0.25, 0.3) is 5.91 Å². The van der Waals surface area contributed by atoms with E-state index in [0.717, 1.165) is 18.2 Å². The number of halogens is 2. The van der Waals surface area contributed by atoms with Crippen LogP contribution in [0.2, 0.25) is 0 Å². The summed E-state index contributed by atoms with van der Waals surface area (Å²) in [5.41, 5.74) is 0.312. The second-order valence-corrected chi connectivity index (χ2v) is 5.75. The van der Waals surface area contributed by atoms with Gasteiger partial charge >= 0.3 is 0 Å². The average Bonchev–Trinajstić information content (AvgIpc) is 3.13. The quantitative estimate of drug-likeness (QED) is 0.916. The largest absolute Gasteiger partial charge is 0.472 e. The van der Waals surface area contributed by atoms with Gasteiger partial charge in [-0.1, -0.05) is 0 Å². The number of rotatable bonds is 4. The van der Waals surface area contributed by atoms with Gasteiger partial charge in [0.2, 0.25) is 5.91 Å². The molecule has 2 aromatic rings. The predicted octanol–water partition coefficient (Wildman–Crippen LogP) is 1.95. The monoisotopic (exact) mass is 349 g/mol. The van der Waals surface area contributed by atoms with Crippen LogP contribution in [-0.2, 0) is 4.79 Å². The first-order valence-electron chi connectivity index (χ1n) is 7.81. The summed E-state index contributed by atoms with van der Waals surface area (Å²) >= 11 is 0. The number of carbonyl (C=O) groups excluding carboxylic acids is 2. The summed E-state index contributed by atoms with van der Waals surface area (Å²) in [4.78, 5) is 27.7. The lowest BCUT2D eigenvalue weighted by atomic mass is 10.2. The van der Waals surface area contributed by atoms with Gasteiger partial charge in [0.15, 0.2) is 0 Å². The summed E-state index contributed by atoms with van der Waals surface area (Å²) in [6.45, 7) is 2.03. The predicted molar refractivity (Wildman–Crippen MR) is 86.0 cm³/mol. The van der Waals surface area contributed by atoms with E-state index in [1.807, 2.05) is 4.90 Å². The van der Waals surface area contributed by atoms with Crippen molar-refractivity contribution in [2.75, 3.05) is 38.0 Å². The van der Waals surface area contributed by atoms with Crippen LogP contribution in [0.1, 0.15) is 10.4 Å². The molecule has 1 aromatic carbocycles.